The number of amides is 1. The summed E-state index contributed by atoms with van der Waals surface area (Å²) in [6.07, 6.45) is 4.24. The molecule has 0 radical (unpaired) electrons. The van der Waals surface area contributed by atoms with Crippen LogP contribution in [0.15, 0.2) is 16.3 Å². The maximum Gasteiger partial charge on any atom is 0.252 e. The van der Waals surface area contributed by atoms with Crippen LogP contribution in [-0.2, 0) is 21.2 Å². The van der Waals surface area contributed by atoms with Gasteiger partial charge in [-0.2, -0.15) is 4.31 Å². The summed E-state index contributed by atoms with van der Waals surface area (Å²) in [6.45, 7) is 5.15. The Labute approximate surface area is 154 Å². The van der Waals surface area contributed by atoms with Crippen molar-refractivity contribution in [2.45, 2.75) is 49.3 Å². The van der Waals surface area contributed by atoms with E-state index in [4.69, 9.17) is 0 Å². The van der Waals surface area contributed by atoms with E-state index < -0.39 is 10.0 Å². The molecule has 0 aliphatic carbocycles. The van der Waals surface area contributed by atoms with Crippen molar-refractivity contribution in [2.75, 3.05) is 26.2 Å². The number of hydrogen-bond donors (Lipinski definition) is 2. The molecule has 0 bridgehead atoms. The molecule has 2 aliphatic rings. The third-order valence-corrected chi connectivity index (χ3v) is 8.51. The lowest BCUT2D eigenvalue weighted by atomic mass is 9.95. The number of thiophene rings is 1. The van der Waals surface area contributed by atoms with Crippen molar-refractivity contribution in [3.8, 4) is 0 Å². The van der Waals surface area contributed by atoms with Gasteiger partial charge in [0.1, 0.15) is 4.21 Å². The Kier molecular flexibility index (Phi) is 6.14. The number of nitrogens with zero attached hydrogens (tertiary/aromatic N) is 1. The predicted molar refractivity (Wildman–Crippen MR) is 99.2 cm³/mol. The van der Waals surface area contributed by atoms with Gasteiger partial charge in [0.25, 0.3) is 10.0 Å². The van der Waals surface area contributed by atoms with Crippen molar-refractivity contribution >= 4 is 27.3 Å². The molecule has 2 atom stereocenters. The van der Waals surface area contributed by atoms with Crippen molar-refractivity contribution in [3.63, 3.8) is 0 Å². The molecule has 1 aromatic rings. The van der Waals surface area contributed by atoms with Crippen molar-refractivity contribution in [2.24, 2.45) is 5.92 Å². The van der Waals surface area contributed by atoms with E-state index in [2.05, 4.69) is 17.6 Å². The zero-order valence-electron chi connectivity index (χ0n) is 14.7. The molecule has 1 aromatic heterocycles. The van der Waals surface area contributed by atoms with E-state index in [1.165, 1.54) is 11.3 Å². The Hall–Kier alpha value is -0.960. The molecule has 2 aliphatic heterocycles. The van der Waals surface area contributed by atoms with E-state index in [0.29, 0.717) is 23.2 Å². The number of rotatable bonds is 5. The normalized spacial score (nSPS) is 25.6. The summed E-state index contributed by atoms with van der Waals surface area (Å²) in [5.41, 5.74) is 0. The Morgan fingerprint density at radius 2 is 2.08 bits per heavy atom. The summed E-state index contributed by atoms with van der Waals surface area (Å²) in [4.78, 5) is 13.1. The van der Waals surface area contributed by atoms with Crippen LogP contribution in [0.2, 0.25) is 0 Å². The Morgan fingerprint density at radius 1 is 1.32 bits per heavy atom. The van der Waals surface area contributed by atoms with E-state index in [-0.39, 0.29) is 18.4 Å². The van der Waals surface area contributed by atoms with E-state index in [1.807, 2.05) is 0 Å². The van der Waals surface area contributed by atoms with Crippen LogP contribution in [0.4, 0.5) is 0 Å². The Morgan fingerprint density at radius 3 is 2.80 bits per heavy atom. The summed E-state index contributed by atoms with van der Waals surface area (Å²) in [5, 5.41) is 6.37. The van der Waals surface area contributed by atoms with Gasteiger partial charge in [-0.3, -0.25) is 4.79 Å². The van der Waals surface area contributed by atoms with E-state index in [0.717, 1.165) is 43.6 Å². The van der Waals surface area contributed by atoms with Gasteiger partial charge in [-0.05, 0) is 43.9 Å². The molecule has 6 nitrogen and oxygen atoms in total. The van der Waals surface area contributed by atoms with Gasteiger partial charge in [0, 0.05) is 30.6 Å². The van der Waals surface area contributed by atoms with Crippen LogP contribution in [0.1, 0.15) is 37.5 Å². The van der Waals surface area contributed by atoms with Crippen LogP contribution in [0.5, 0.6) is 0 Å². The second-order valence-electron chi connectivity index (χ2n) is 7.01. The first-order chi connectivity index (χ1) is 12.0. The average molecular weight is 386 g/mol. The van der Waals surface area contributed by atoms with Gasteiger partial charge in [0.2, 0.25) is 5.91 Å². The average Bonchev–Trinajstić information content (AvgIpc) is 3.07. The molecule has 0 aromatic carbocycles. The fourth-order valence-electron chi connectivity index (χ4n) is 3.42. The quantitative estimate of drug-likeness (QED) is 0.807. The summed E-state index contributed by atoms with van der Waals surface area (Å²) < 4.78 is 27.3. The van der Waals surface area contributed by atoms with Crippen LogP contribution in [0, 0.1) is 5.92 Å². The molecular weight excluding hydrogens is 358 g/mol. The number of sulfonamides is 1. The Balaban J connectivity index is 1.60. The van der Waals surface area contributed by atoms with Crippen molar-refractivity contribution in [3.05, 3.63) is 17.0 Å². The molecular formula is C17H27N3O3S2. The van der Waals surface area contributed by atoms with E-state index in [1.54, 1.807) is 16.4 Å². The SMILES string of the molecule is CC1CCNCC1NC(=O)Cc1ccc(S(=O)(=O)N2CCCCC2)s1. The van der Waals surface area contributed by atoms with E-state index >= 15 is 0 Å². The van der Waals surface area contributed by atoms with Crippen LogP contribution in [0.3, 0.4) is 0 Å². The molecule has 0 spiro atoms. The number of piperidine rings is 2. The Bertz CT molecular complexity index is 696. The lowest BCUT2D eigenvalue weighted by Crippen LogP contribution is -2.50. The molecule has 25 heavy (non-hydrogen) atoms. The molecule has 2 saturated heterocycles. The fourth-order valence-corrected chi connectivity index (χ4v) is 6.45. The topological polar surface area (TPSA) is 78.5 Å². The maximum absolute atomic E-state index is 12.7. The first-order valence-electron chi connectivity index (χ1n) is 9.06. The zero-order valence-corrected chi connectivity index (χ0v) is 16.3. The highest BCUT2D eigenvalue weighted by atomic mass is 32.2. The van der Waals surface area contributed by atoms with Crippen LogP contribution in [-0.4, -0.2) is 50.9 Å². The van der Waals surface area contributed by atoms with E-state index in [9.17, 15) is 13.2 Å². The minimum atomic E-state index is -3.40. The standard InChI is InChI=1S/C17H27N3O3S2/c1-13-7-8-18-12-15(13)19-16(21)11-14-5-6-17(24-14)25(22,23)20-9-3-2-4-10-20/h5-6,13,15,18H,2-4,7-12H2,1H3,(H,19,21). The van der Waals surface area contributed by atoms with Gasteiger partial charge in [-0.25, -0.2) is 8.42 Å². The first-order valence-corrected chi connectivity index (χ1v) is 11.3. The number of carbonyl (C=O) groups is 1. The van der Waals surface area contributed by atoms with Gasteiger partial charge in [0.05, 0.1) is 6.42 Å². The number of nitrogens with one attached hydrogen (secondary N) is 2. The molecule has 2 unspecified atom stereocenters. The summed E-state index contributed by atoms with van der Waals surface area (Å²) >= 11 is 1.22. The summed E-state index contributed by atoms with van der Waals surface area (Å²) in [5.74, 6) is 0.424. The molecule has 2 N–H and O–H groups in total. The molecule has 2 fully saturated rings. The van der Waals surface area contributed by atoms with Crippen molar-refractivity contribution < 1.29 is 13.2 Å². The monoisotopic (exact) mass is 385 g/mol. The third-order valence-electron chi connectivity index (χ3n) is 5.05. The molecule has 8 heteroatoms. The molecule has 3 rings (SSSR count). The fraction of sp³-hybridized carbons (Fsp3) is 0.706. The van der Waals surface area contributed by atoms with Gasteiger partial charge >= 0.3 is 0 Å². The second kappa shape index (κ2) is 8.16. The predicted octanol–water partition coefficient (Wildman–Crippen LogP) is 1.58. The van der Waals surface area contributed by atoms with Crippen LogP contribution >= 0.6 is 11.3 Å². The molecule has 140 valence electrons. The van der Waals surface area contributed by atoms with Gasteiger partial charge in [-0.15, -0.1) is 11.3 Å². The second-order valence-corrected chi connectivity index (χ2v) is 10.3. The lowest BCUT2D eigenvalue weighted by Gasteiger charge is -2.30. The molecule has 1 amide bonds. The third kappa shape index (κ3) is 4.61. The lowest BCUT2D eigenvalue weighted by molar-refractivity contribution is -0.121. The van der Waals surface area contributed by atoms with Gasteiger partial charge in [-0.1, -0.05) is 13.3 Å². The number of hydrogen-bond acceptors (Lipinski definition) is 5. The van der Waals surface area contributed by atoms with Crippen molar-refractivity contribution in [1.29, 1.82) is 0 Å². The molecule has 0 saturated carbocycles. The number of carbonyl (C=O) groups excluding carboxylic acids is 1. The largest absolute Gasteiger partial charge is 0.352 e. The smallest absolute Gasteiger partial charge is 0.252 e. The summed E-state index contributed by atoms with van der Waals surface area (Å²) in [6, 6.07) is 3.56. The van der Waals surface area contributed by atoms with Crippen molar-refractivity contribution in [1.82, 2.24) is 14.9 Å². The highest BCUT2D eigenvalue weighted by Gasteiger charge is 2.28. The minimum absolute atomic E-state index is 0.0377. The maximum atomic E-state index is 12.7. The van der Waals surface area contributed by atoms with Crippen LogP contribution < -0.4 is 10.6 Å². The zero-order chi connectivity index (χ0) is 17.9. The minimum Gasteiger partial charge on any atom is -0.352 e. The van der Waals surface area contributed by atoms with Crippen LogP contribution in [0.25, 0.3) is 0 Å². The highest BCUT2D eigenvalue weighted by Crippen LogP contribution is 2.27. The first kappa shape index (κ1) is 18.8. The molecule has 3 heterocycles. The van der Waals surface area contributed by atoms with Gasteiger partial charge < -0.3 is 10.6 Å². The highest BCUT2D eigenvalue weighted by molar-refractivity contribution is 7.91. The summed E-state index contributed by atoms with van der Waals surface area (Å²) in [7, 11) is -3.40. The van der Waals surface area contributed by atoms with Gasteiger partial charge in [0.15, 0.2) is 0 Å².